The fraction of sp³-hybridized carbons (Fsp3) is 0.538. The maximum atomic E-state index is 12.9. The molecule has 0 radical (unpaired) electrons. The van der Waals surface area contributed by atoms with Crippen LogP contribution in [-0.2, 0) is 6.54 Å². The lowest BCUT2D eigenvalue weighted by Crippen LogP contribution is -2.31. The molecule has 0 fully saturated rings. The molecular formula is C13H19ClFNO. The summed E-state index contributed by atoms with van der Waals surface area (Å²) in [4.78, 5) is 2.20. The summed E-state index contributed by atoms with van der Waals surface area (Å²) in [7, 11) is 0. The first-order valence-electron chi connectivity index (χ1n) is 5.83. The number of rotatable bonds is 6. The van der Waals surface area contributed by atoms with Gasteiger partial charge in [0.25, 0.3) is 0 Å². The van der Waals surface area contributed by atoms with Gasteiger partial charge in [-0.2, -0.15) is 0 Å². The van der Waals surface area contributed by atoms with E-state index in [0.717, 1.165) is 18.5 Å². The third-order valence-corrected chi connectivity index (χ3v) is 3.07. The fourth-order valence-electron chi connectivity index (χ4n) is 1.66. The third-order valence-electron chi connectivity index (χ3n) is 2.72. The van der Waals surface area contributed by atoms with Gasteiger partial charge in [0, 0.05) is 30.8 Å². The molecular weight excluding hydrogens is 241 g/mol. The minimum absolute atomic E-state index is 0.181. The van der Waals surface area contributed by atoms with Gasteiger partial charge in [0.1, 0.15) is 5.82 Å². The molecule has 1 rings (SSSR count). The molecule has 0 bridgehead atoms. The Bertz CT molecular complexity index is 357. The molecule has 0 amide bonds. The van der Waals surface area contributed by atoms with Crippen LogP contribution in [0.1, 0.15) is 25.8 Å². The molecule has 0 atom stereocenters. The molecule has 2 nitrogen and oxygen atoms in total. The molecule has 1 N–H and O–H groups in total. The first-order valence-corrected chi connectivity index (χ1v) is 6.21. The highest BCUT2D eigenvalue weighted by molar-refractivity contribution is 6.31. The summed E-state index contributed by atoms with van der Waals surface area (Å²) >= 11 is 6.00. The van der Waals surface area contributed by atoms with Crippen LogP contribution >= 0.6 is 11.6 Å². The predicted molar refractivity (Wildman–Crippen MR) is 68.7 cm³/mol. The average Bonchev–Trinajstić information content (AvgIpc) is 2.26. The van der Waals surface area contributed by atoms with E-state index in [2.05, 4.69) is 18.7 Å². The third kappa shape index (κ3) is 4.62. The van der Waals surface area contributed by atoms with Crippen LogP contribution in [0.15, 0.2) is 18.2 Å². The topological polar surface area (TPSA) is 23.5 Å². The highest BCUT2D eigenvalue weighted by Crippen LogP contribution is 2.20. The van der Waals surface area contributed by atoms with Crippen molar-refractivity contribution in [3.63, 3.8) is 0 Å². The fourth-order valence-corrected chi connectivity index (χ4v) is 1.89. The molecule has 0 aliphatic heterocycles. The summed E-state index contributed by atoms with van der Waals surface area (Å²) in [5.74, 6) is -0.315. The smallest absolute Gasteiger partial charge is 0.124 e. The second-order valence-electron chi connectivity index (χ2n) is 4.38. The summed E-state index contributed by atoms with van der Waals surface area (Å²) in [6, 6.07) is 4.84. The van der Waals surface area contributed by atoms with Gasteiger partial charge >= 0.3 is 0 Å². The van der Waals surface area contributed by atoms with E-state index in [0.29, 0.717) is 17.6 Å². The molecule has 0 spiro atoms. The van der Waals surface area contributed by atoms with E-state index < -0.39 is 0 Å². The zero-order chi connectivity index (χ0) is 12.8. The largest absolute Gasteiger partial charge is 0.396 e. The lowest BCUT2D eigenvalue weighted by Gasteiger charge is -2.26. The molecule has 1 aromatic carbocycles. The van der Waals surface area contributed by atoms with Gasteiger partial charge in [-0.05, 0) is 38.0 Å². The first kappa shape index (κ1) is 14.4. The molecule has 0 aliphatic carbocycles. The Balaban J connectivity index is 2.71. The lowest BCUT2D eigenvalue weighted by molar-refractivity contribution is 0.185. The molecule has 0 saturated heterocycles. The number of nitrogens with zero attached hydrogens (tertiary/aromatic N) is 1. The standard InChI is InChI=1S/C13H19ClFNO/c1-10(2)16(6-3-7-17)9-11-4-5-12(15)8-13(11)14/h4-5,8,10,17H,3,6-7,9H2,1-2H3. The van der Waals surface area contributed by atoms with Crippen LogP contribution in [0.5, 0.6) is 0 Å². The lowest BCUT2D eigenvalue weighted by atomic mass is 10.1. The predicted octanol–water partition coefficient (Wildman–Crippen LogP) is 3.07. The number of halogens is 2. The Kier molecular flexibility index (Phi) is 5.89. The average molecular weight is 260 g/mol. The Morgan fingerprint density at radius 3 is 2.65 bits per heavy atom. The van der Waals surface area contributed by atoms with Crippen LogP contribution in [0.3, 0.4) is 0 Å². The molecule has 0 heterocycles. The second kappa shape index (κ2) is 6.94. The minimum atomic E-state index is -0.315. The Hall–Kier alpha value is -0.640. The molecule has 1 aromatic rings. The summed E-state index contributed by atoms with van der Waals surface area (Å²) in [5, 5.41) is 9.31. The second-order valence-corrected chi connectivity index (χ2v) is 4.78. The van der Waals surface area contributed by atoms with Gasteiger partial charge in [0.05, 0.1) is 0 Å². The Labute approximate surface area is 107 Å². The van der Waals surface area contributed by atoms with Crippen LogP contribution in [0.4, 0.5) is 4.39 Å². The van der Waals surface area contributed by atoms with Crippen molar-refractivity contribution < 1.29 is 9.50 Å². The number of aliphatic hydroxyl groups is 1. The van der Waals surface area contributed by atoms with Crippen molar-refractivity contribution in [3.05, 3.63) is 34.6 Å². The Morgan fingerprint density at radius 2 is 2.12 bits per heavy atom. The van der Waals surface area contributed by atoms with Crippen molar-refractivity contribution in [1.29, 1.82) is 0 Å². The van der Waals surface area contributed by atoms with Crippen molar-refractivity contribution in [2.75, 3.05) is 13.2 Å². The number of hydrogen-bond donors (Lipinski definition) is 1. The van der Waals surface area contributed by atoms with Gasteiger partial charge < -0.3 is 5.11 Å². The number of hydrogen-bond acceptors (Lipinski definition) is 2. The summed E-state index contributed by atoms with van der Waals surface area (Å²) < 4.78 is 12.9. The summed E-state index contributed by atoms with van der Waals surface area (Å²) in [6.07, 6.45) is 0.733. The molecule has 0 unspecified atom stereocenters. The van der Waals surface area contributed by atoms with E-state index >= 15 is 0 Å². The summed E-state index contributed by atoms with van der Waals surface area (Å²) in [5.41, 5.74) is 0.916. The highest BCUT2D eigenvalue weighted by Gasteiger charge is 2.12. The van der Waals surface area contributed by atoms with Crippen LogP contribution < -0.4 is 0 Å². The van der Waals surface area contributed by atoms with Crippen molar-refractivity contribution in [3.8, 4) is 0 Å². The van der Waals surface area contributed by atoms with Crippen LogP contribution in [0, 0.1) is 5.82 Å². The van der Waals surface area contributed by atoms with Gasteiger partial charge in [-0.25, -0.2) is 4.39 Å². The van der Waals surface area contributed by atoms with Crippen molar-refractivity contribution in [2.45, 2.75) is 32.9 Å². The van der Waals surface area contributed by atoms with Gasteiger partial charge in [-0.3, -0.25) is 4.90 Å². The maximum absolute atomic E-state index is 12.9. The van der Waals surface area contributed by atoms with Gasteiger partial charge in [0.2, 0.25) is 0 Å². The van der Waals surface area contributed by atoms with Crippen molar-refractivity contribution in [2.24, 2.45) is 0 Å². The van der Waals surface area contributed by atoms with Gasteiger partial charge in [0.15, 0.2) is 0 Å². The quantitative estimate of drug-likeness (QED) is 0.849. The monoisotopic (exact) mass is 259 g/mol. The van der Waals surface area contributed by atoms with E-state index in [1.807, 2.05) is 0 Å². The SMILES string of the molecule is CC(C)N(CCCO)Cc1ccc(F)cc1Cl. The highest BCUT2D eigenvalue weighted by atomic mass is 35.5. The normalized spacial score (nSPS) is 11.5. The van der Waals surface area contributed by atoms with Gasteiger partial charge in [-0.1, -0.05) is 17.7 Å². The first-order chi connectivity index (χ1) is 8.04. The van der Waals surface area contributed by atoms with E-state index in [1.165, 1.54) is 12.1 Å². The van der Waals surface area contributed by atoms with Gasteiger partial charge in [-0.15, -0.1) is 0 Å². The van der Waals surface area contributed by atoms with Crippen molar-refractivity contribution >= 4 is 11.6 Å². The number of aliphatic hydroxyl groups excluding tert-OH is 1. The number of benzene rings is 1. The molecule has 0 aliphatic rings. The molecule has 17 heavy (non-hydrogen) atoms. The molecule has 0 saturated carbocycles. The molecule has 0 aromatic heterocycles. The molecule has 96 valence electrons. The molecule has 4 heteroatoms. The maximum Gasteiger partial charge on any atom is 0.124 e. The summed E-state index contributed by atoms with van der Waals surface area (Å²) in [6.45, 7) is 5.85. The van der Waals surface area contributed by atoms with E-state index in [1.54, 1.807) is 6.07 Å². The van der Waals surface area contributed by atoms with E-state index in [4.69, 9.17) is 16.7 Å². The van der Waals surface area contributed by atoms with Crippen LogP contribution in [0.2, 0.25) is 5.02 Å². The van der Waals surface area contributed by atoms with E-state index in [-0.39, 0.29) is 12.4 Å². The van der Waals surface area contributed by atoms with Crippen molar-refractivity contribution in [1.82, 2.24) is 4.90 Å². The van der Waals surface area contributed by atoms with E-state index in [9.17, 15) is 4.39 Å². The zero-order valence-corrected chi connectivity index (χ0v) is 11.0. The van der Waals surface area contributed by atoms with Crippen LogP contribution in [0.25, 0.3) is 0 Å². The zero-order valence-electron chi connectivity index (χ0n) is 10.3. The van der Waals surface area contributed by atoms with Crippen LogP contribution in [-0.4, -0.2) is 29.2 Å². The Morgan fingerprint density at radius 1 is 1.41 bits per heavy atom. The minimum Gasteiger partial charge on any atom is -0.396 e.